The van der Waals surface area contributed by atoms with Gasteiger partial charge in [0.25, 0.3) is 11.8 Å². The Kier molecular flexibility index (Phi) is 25.2. The Morgan fingerprint density at radius 1 is 0.762 bits per heavy atom. The molecule has 1 aliphatic rings. The number of aliphatic hydroxyl groups excluding tert-OH is 1. The number of amides is 8. The maximum Gasteiger partial charge on any atom is 0.374 e. The first-order valence-electron chi connectivity index (χ1n) is 25.5. The van der Waals surface area contributed by atoms with Crippen molar-refractivity contribution in [1.82, 2.24) is 41.0 Å². The minimum Gasteiger partial charge on any atom is -0.480 e. The zero-order chi connectivity index (χ0) is 60.2. The molecule has 26 heteroatoms. The summed E-state index contributed by atoms with van der Waals surface area (Å²) in [6, 6.07) is 8.66. The van der Waals surface area contributed by atoms with E-state index in [1.54, 1.807) is 26.1 Å². The van der Waals surface area contributed by atoms with Crippen molar-refractivity contribution in [3.8, 4) is 11.1 Å². The lowest BCUT2D eigenvalue weighted by Crippen LogP contribution is -2.57. The molecule has 5 atom stereocenters. The van der Waals surface area contributed by atoms with Gasteiger partial charge in [-0.25, -0.2) is 18.4 Å². The average molecular weight is 1130 g/mol. The molecular formula is C54H71F4N9O13. The van der Waals surface area contributed by atoms with Crippen LogP contribution in [0, 0.1) is 23.0 Å². The first-order valence-corrected chi connectivity index (χ1v) is 25.5. The molecule has 0 bridgehead atoms. The van der Waals surface area contributed by atoms with Crippen LogP contribution in [-0.2, 0) is 54.5 Å². The zero-order valence-corrected chi connectivity index (χ0v) is 45.5. The normalized spacial score (nSPS) is 14.2. The van der Waals surface area contributed by atoms with Crippen LogP contribution in [-0.4, -0.2) is 152 Å². The van der Waals surface area contributed by atoms with Gasteiger partial charge in [0.15, 0.2) is 0 Å². The fourth-order valence-electron chi connectivity index (χ4n) is 8.14. The number of aliphatic hydroxyl groups is 1. The van der Waals surface area contributed by atoms with Crippen LogP contribution < -0.4 is 32.3 Å². The molecule has 438 valence electrons. The van der Waals surface area contributed by atoms with Crippen molar-refractivity contribution in [3.63, 3.8) is 0 Å². The van der Waals surface area contributed by atoms with Crippen LogP contribution in [0.15, 0.2) is 72.9 Å². The number of aliphatic carboxylic acids is 2. The third-order valence-electron chi connectivity index (χ3n) is 12.4. The van der Waals surface area contributed by atoms with Crippen LogP contribution in [0.3, 0.4) is 0 Å². The van der Waals surface area contributed by atoms with E-state index in [0.717, 1.165) is 35.9 Å². The molecule has 0 aliphatic carbocycles. The molecule has 1 aliphatic heterocycles. The van der Waals surface area contributed by atoms with Gasteiger partial charge in [0.1, 0.15) is 42.9 Å². The van der Waals surface area contributed by atoms with Gasteiger partial charge < -0.3 is 57.1 Å². The minimum absolute atomic E-state index is 0.0206. The first kappa shape index (κ1) is 66.3. The third-order valence-corrected chi connectivity index (χ3v) is 12.4. The minimum atomic E-state index is -3.58. The summed E-state index contributed by atoms with van der Waals surface area (Å²) in [5, 5.41) is 40.0. The monoisotopic (exact) mass is 1130 g/mol. The number of halogens is 4. The van der Waals surface area contributed by atoms with Crippen LogP contribution in [0.4, 0.5) is 17.6 Å². The maximum absolute atomic E-state index is 15.1. The molecular weight excluding hydrogens is 1060 g/mol. The molecule has 4 rings (SSSR count). The van der Waals surface area contributed by atoms with Crippen LogP contribution in [0.1, 0.15) is 97.9 Å². The number of hydrogen-bond donors (Lipinski definition) is 9. The van der Waals surface area contributed by atoms with Gasteiger partial charge in [0.2, 0.25) is 35.4 Å². The second-order valence-corrected chi connectivity index (χ2v) is 20.4. The second kappa shape index (κ2) is 30.4. The molecule has 3 aromatic rings. The first-order chi connectivity index (χ1) is 37.3. The molecule has 0 saturated carbocycles. The molecule has 10 N–H and O–H groups in total. The lowest BCUT2D eigenvalue weighted by atomic mass is 9.82. The molecule has 2 heterocycles. The molecule has 0 fully saturated rings. The number of imide groups is 1. The highest BCUT2D eigenvalue weighted by Crippen LogP contribution is 2.41. The highest BCUT2D eigenvalue weighted by Gasteiger charge is 2.38. The molecule has 0 saturated heterocycles. The molecule has 8 amide bonds. The number of nitrogens with zero attached hydrogens (tertiary/aromatic N) is 3. The van der Waals surface area contributed by atoms with Gasteiger partial charge in [-0.15, -0.1) is 0 Å². The van der Waals surface area contributed by atoms with E-state index in [9.17, 15) is 71.3 Å². The Balaban J connectivity index is 0.00000224. The van der Waals surface area contributed by atoms with E-state index in [1.165, 1.54) is 11.8 Å². The van der Waals surface area contributed by atoms with Crippen molar-refractivity contribution in [2.75, 3.05) is 32.8 Å². The summed E-state index contributed by atoms with van der Waals surface area (Å²) in [5.41, 5.74) is 7.45. The smallest absolute Gasteiger partial charge is 0.374 e. The number of aromatic nitrogens is 1. The van der Waals surface area contributed by atoms with Crippen molar-refractivity contribution in [2.45, 2.75) is 123 Å². The number of nitrogens with two attached hydrogens (primary N) is 1. The molecule has 80 heavy (non-hydrogen) atoms. The number of hydrogen-bond acceptors (Lipinski definition) is 12. The summed E-state index contributed by atoms with van der Waals surface area (Å²) in [6.07, 6.45) is 4.12. The summed E-state index contributed by atoms with van der Waals surface area (Å²) in [4.78, 5) is 125. The number of carboxylic acid groups (broad SMARTS) is 2. The van der Waals surface area contributed by atoms with E-state index >= 15 is 4.39 Å². The number of alkyl halides is 2. The Morgan fingerprint density at radius 3 is 1.95 bits per heavy atom. The maximum atomic E-state index is 15.1. The molecule has 2 aromatic carbocycles. The van der Waals surface area contributed by atoms with Crippen molar-refractivity contribution < 1.29 is 80.8 Å². The predicted molar refractivity (Wildman–Crippen MR) is 281 cm³/mol. The van der Waals surface area contributed by atoms with Crippen LogP contribution in [0.2, 0.25) is 0 Å². The number of unbranched alkanes of at least 4 members (excludes halogenated alkanes) is 1. The largest absolute Gasteiger partial charge is 0.480 e. The topological polar surface area (TPSA) is 329 Å². The molecule has 0 radical (unpaired) electrons. The average Bonchev–Trinajstić information content (AvgIpc) is 3.93. The summed E-state index contributed by atoms with van der Waals surface area (Å²) in [7, 11) is 0. The van der Waals surface area contributed by atoms with Crippen LogP contribution in [0.25, 0.3) is 11.1 Å². The highest BCUT2D eigenvalue weighted by atomic mass is 19.3. The fourth-order valence-corrected chi connectivity index (χ4v) is 8.14. The van der Waals surface area contributed by atoms with Crippen LogP contribution >= 0.6 is 0 Å². The lowest BCUT2D eigenvalue weighted by Gasteiger charge is -2.41. The van der Waals surface area contributed by atoms with Crippen LogP contribution in [0.5, 0.6) is 0 Å². The van der Waals surface area contributed by atoms with E-state index in [1.807, 2.05) is 55.7 Å². The highest BCUT2D eigenvalue weighted by molar-refractivity contribution is 6.14. The summed E-state index contributed by atoms with van der Waals surface area (Å²) in [6.45, 7) is 9.41. The Labute approximate surface area is 459 Å². The van der Waals surface area contributed by atoms with Gasteiger partial charge in [-0.3, -0.25) is 43.3 Å². The summed E-state index contributed by atoms with van der Waals surface area (Å²) < 4.78 is 53.8. The third kappa shape index (κ3) is 20.7. The van der Waals surface area contributed by atoms with Gasteiger partial charge in [-0.05, 0) is 73.8 Å². The SMILES string of the molecule is CC(F)(F)C(=O)O.CC(NC(=O)C(NC(=O)CN1C(=O)C=CC1=O)C(C)C)C(=O)NC(CCCCNC(=O)CCNC(=O)C(N)CCN(C(=O)CO)C(c1cc(-c2cc(F)ccc2F)cn1Cc1ccccc1)C(C)(C)C)C(=O)O. The number of rotatable bonds is 28. The van der Waals surface area contributed by atoms with Crippen molar-refractivity contribution in [3.05, 3.63) is 95.8 Å². The van der Waals surface area contributed by atoms with Gasteiger partial charge in [-0.2, -0.15) is 8.78 Å². The number of carboxylic acids is 2. The fraction of sp³-hybridized carbons (Fsp3) is 0.481. The predicted octanol–water partition coefficient (Wildman–Crippen LogP) is 2.77. The van der Waals surface area contributed by atoms with Gasteiger partial charge >= 0.3 is 17.9 Å². The second-order valence-electron chi connectivity index (χ2n) is 20.4. The number of nitrogens with one attached hydrogen (secondary N) is 5. The number of carbonyl (C=O) groups excluding carboxylic acids is 8. The van der Waals surface area contributed by atoms with Crippen molar-refractivity contribution in [1.29, 1.82) is 0 Å². The number of benzene rings is 2. The van der Waals surface area contributed by atoms with Gasteiger partial charge in [0.05, 0.1) is 12.1 Å². The Hall–Kier alpha value is -8.00. The van der Waals surface area contributed by atoms with E-state index in [2.05, 4.69) is 26.6 Å². The molecule has 5 unspecified atom stereocenters. The van der Waals surface area contributed by atoms with E-state index in [-0.39, 0.29) is 50.9 Å². The van der Waals surface area contributed by atoms with Gasteiger partial charge in [0, 0.05) is 74.7 Å². The Morgan fingerprint density at radius 2 is 1.39 bits per heavy atom. The molecule has 0 spiro atoms. The summed E-state index contributed by atoms with van der Waals surface area (Å²) in [5.74, 6) is -14.1. The standard InChI is InChI=1S/C51H67F2N9O11.C3H4F2O2/c1-30(2)45(59-41(65)28-62-42(66)17-18-43(62)67)49(71)57-31(3)47(69)58-38(50(72)73)14-10-11-21-55-40(64)19-22-56-48(70)37(54)20-23-61(44(68)29-63)46(51(4,5)6)39-24-33(35-25-34(52)15-16-36(35)53)27-60(39)26-32-12-8-7-9-13-32;1-3(4,5)2(6)7/h7-9,12-13,15-18,24-25,27,30-31,37-38,45-46,63H,10-11,14,19-23,26,28-29,54H2,1-6H3,(H,55,64)(H,56,70)(H,57,71)(H,58,69)(H,59,65)(H,72,73);1H3,(H,6,7). The molecule has 22 nitrogen and oxygen atoms in total. The quantitative estimate of drug-likeness (QED) is 0.0287. The van der Waals surface area contributed by atoms with Crippen molar-refractivity contribution >= 4 is 59.2 Å². The van der Waals surface area contributed by atoms with E-state index in [4.69, 9.17) is 10.8 Å². The number of carbonyl (C=O) groups is 10. The van der Waals surface area contributed by atoms with E-state index in [0.29, 0.717) is 36.0 Å². The van der Waals surface area contributed by atoms with Gasteiger partial charge in [-0.1, -0.05) is 65.0 Å². The van der Waals surface area contributed by atoms with Crippen molar-refractivity contribution in [2.24, 2.45) is 17.1 Å². The zero-order valence-electron chi connectivity index (χ0n) is 45.5. The Bertz CT molecular complexity index is 2710. The lowest BCUT2D eigenvalue weighted by molar-refractivity contribution is -0.162. The summed E-state index contributed by atoms with van der Waals surface area (Å²) >= 11 is 0. The van der Waals surface area contributed by atoms with E-state index < -0.39 is 131 Å². The molecule has 1 aromatic heterocycles.